The maximum absolute atomic E-state index is 11.2. The van der Waals surface area contributed by atoms with Gasteiger partial charge in [-0.25, -0.2) is 0 Å². The second-order valence-corrected chi connectivity index (χ2v) is 4.32. The number of benzene rings is 1. The first-order valence-electron chi connectivity index (χ1n) is 5.45. The van der Waals surface area contributed by atoms with E-state index in [1.54, 1.807) is 6.07 Å². The molecule has 94 valence electrons. The topological polar surface area (TPSA) is 95.6 Å². The van der Waals surface area contributed by atoms with Crippen LogP contribution >= 0.6 is 0 Å². The third kappa shape index (κ3) is 3.64. The van der Waals surface area contributed by atoms with Crippen molar-refractivity contribution in [3.63, 3.8) is 0 Å². The van der Waals surface area contributed by atoms with Gasteiger partial charge in [-0.15, -0.1) is 0 Å². The van der Waals surface area contributed by atoms with Gasteiger partial charge in [-0.1, -0.05) is 19.9 Å². The molecule has 1 atom stereocenters. The summed E-state index contributed by atoms with van der Waals surface area (Å²) in [5.74, 6) is -0.351. The van der Waals surface area contributed by atoms with Crippen LogP contribution in [0.4, 0.5) is 0 Å². The molecule has 1 aromatic carbocycles. The highest BCUT2D eigenvalue weighted by molar-refractivity contribution is 5.80. The molecule has 0 saturated heterocycles. The number of nitrogens with two attached hydrogens (primary N) is 1. The number of amides is 1. The van der Waals surface area contributed by atoms with Gasteiger partial charge in [0.05, 0.1) is 6.04 Å². The van der Waals surface area contributed by atoms with Gasteiger partial charge in [0.15, 0.2) is 0 Å². The first kappa shape index (κ1) is 13.3. The SMILES string of the molecule is CC(C)C(NCc1ccc(O)cc1O)C(N)=O. The molecule has 0 aliphatic rings. The van der Waals surface area contributed by atoms with E-state index in [1.807, 2.05) is 13.8 Å². The Kier molecular flexibility index (Phi) is 4.34. The third-order valence-electron chi connectivity index (χ3n) is 2.55. The van der Waals surface area contributed by atoms with Gasteiger partial charge in [0.25, 0.3) is 0 Å². The molecule has 0 heterocycles. The van der Waals surface area contributed by atoms with Crippen molar-refractivity contribution in [1.29, 1.82) is 0 Å². The molecule has 5 nitrogen and oxygen atoms in total. The maximum atomic E-state index is 11.2. The Balaban J connectivity index is 2.69. The Bertz CT molecular complexity index is 405. The third-order valence-corrected chi connectivity index (χ3v) is 2.55. The highest BCUT2D eigenvalue weighted by atomic mass is 16.3. The average Bonchev–Trinajstić information content (AvgIpc) is 2.20. The van der Waals surface area contributed by atoms with Crippen LogP contribution in [0.5, 0.6) is 11.5 Å². The number of primary amides is 1. The van der Waals surface area contributed by atoms with Gasteiger partial charge in [0.2, 0.25) is 5.91 Å². The van der Waals surface area contributed by atoms with Crippen molar-refractivity contribution in [2.75, 3.05) is 0 Å². The lowest BCUT2D eigenvalue weighted by Crippen LogP contribution is -2.44. The number of carbonyl (C=O) groups excluding carboxylic acids is 1. The minimum Gasteiger partial charge on any atom is -0.508 e. The summed E-state index contributed by atoms with van der Waals surface area (Å²) in [4.78, 5) is 11.2. The molecule has 0 aliphatic carbocycles. The summed E-state index contributed by atoms with van der Waals surface area (Å²) in [5, 5.41) is 21.7. The van der Waals surface area contributed by atoms with Crippen LogP contribution in [0, 0.1) is 5.92 Å². The fourth-order valence-electron chi connectivity index (χ4n) is 1.59. The van der Waals surface area contributed by atoms with Gasteiger partial charge in [0, 0.05) is 18.2 Å². The zero-order valence-electron chi connectivity index (χ0n) is 9.97. The summed E-state index contributed by atoms with van der Waals surface area (Å²) < 4.78 is 0. The quantitative estimate of drug-likeness (QED) is 0.607. The zero-order valence-corrected chi connectivity index (χ0v) is 9.97. The van der Waals surface area contributed by atoms with Crippen molar-refractivity contribution in [3.8, 4) is 11.5 Å². The minimum absolute atomic E-state index is 0.00145. The van der Waals surface area contributed by atoms with Gasteiger partial charge in [-0.3, -0.25) is 4.79 Å². The summed E-state index contributed by atoms with van der Waals surface area (Å²) in [6.45, 7) is 4.09. The lowest BCUT2D eigenvalue weighted by Gasteiger charge is -2.19. The average molecular weight is 238 g/mol. The van der Waals surface area contributed by atoms with E-state index in [0.717, 1.165) is 0 Å². The molecule has 1 unspecified atom stereocenters. The van der Waals surface area contributed by atoms with Gasteiger partial charge in [0.1, 0.15) is 11.5 Å². The van der Waals surface area contributed by atoms with Gasteiger partial charge in [-0.05, 0) is 12.0 Å². The van der Waals surface area contributed by atoms with E-state index in [4.69, 9.17) is 10.8 Å². The normalized spacial score (nSPS) is 12.6. The second kappa shape index (κ2) is 5.54. The second-order valence-electron chi connectivity index (χ2n) is 4.32. The highest BCUT2D eigenvalue weighted by Crippen LogP contribution is 2.22. The van der Waals surface area contributed by atoms with Crippen LogP contribution < -0.4 is 11.1 Å². The number of nitrogens with one attached hydrogen (secondary N) is 1. The van der Waals surface area contributed by atoms with Crippen molar-refractivity contribution >= 4 is 5.91 Å². The molecule has 17 heavy (non-hydrogen) atoms. The predicted octanol–water partition coefficient (Wildman–Crippen LogP) is 0.697. The van der Waals surface area contributed by atoms with Crippen LogP contribution in [-0.2, 0) is 11.3 Å². The van der Waals surface area contributed by atoms with Crippen molar-refractivity contribution in [2.24, 2.45) is 11.7 Å². The van der Waals surface area contributed by atoms with Gasteiger partial charge in [-0.2, -0.15) is 0 Å². The number of phenolic OH excluding ortho intramolecular Hbond substituents is 2. The Morgan fingerprint density at radius 3 is 2.53 bits per heavy atom. The van der Waals surface area contributed by atoms with Crippen LogP contribution in [-0.4, -0.2) is 22.2 Å². The van der Waals surface area contributed by atoms with Crippen LogP contribution in [0.3, 0.4) is 0 Å². The molecule has 0 saturated carbocycles. The molecule has 1 aromatic rings. The smallest absolute Gasteiger partial charge is 0.234 e. The molecule has 1 amide bonds. The maximum Gasteiger partial charge on any atom is 0.234 e. The monoisotopic (exact) mass is 238 g/mol. The van der Waals surface area contributed by atoms with Crippen LogP contribution in [0.25, 0.3) is 0 Å². The molecular formula is C12H18N2O3. The van der Waals surface area contributed by atoms with Crippen LogP contribution in [0.2, 0.25) is 0 Å². The van der Waals surface area contributed by atoms with Crippen molar-refractivity contribution in [3.05, 3.63) is 23.8 Å². The fraction of sp³-hybridized carbons (Fsp3) is 0.417. The first-order valence-corrected chi connectivity index (χ1v) is 5.45. The van der Waals surface area contributed by atoms with Gasteiger partial charge < -0.3 is 21.3 Å². The van der Waals surface area contributed by atoms with Crippen LogP contribution in [0.1, 0.15) is 19.4 Å². The molecule has 0 spiro atoms. The van der Waals surface area contributed by atoms with E-state index in [-0.39, 0.29) is 17.4 Å². The number of hydrogen-bond donors (Lipinski definition) is 4. The zero-order chi connectivity index (χ0) is 13.0. The number of rotatable bonds is 5. The van der Waals surface area contributed by atoms with E-state index in [1.165, 1.54) is 12.1 Å². The molecule has 0 aliphatic heterocycles. The molecular weight excluding hydrogens is 220 g/mol. The Morgan fingerprint density at radius 1 is 1.41 bits per heavy atom. The van der Waals surface area contributed by atoms with E-state index >= 15 is 0 Å². The molecule has 0 aromatic heterocycles. The molecule has 5 N–H and O–H groups in total. The minimum atomic E-state index is -0.441. The number of phenols is 2. The lowest BCUT2D eigenvalue weighted by atomic mass is 10.0. The van der Waals surface area contributed by atoms with Crippen molar-refractivity contribution in [2.45, 2.75) is 26.4 Å². The van der Waals surface area contributed by atoms with Gasteiger partial charge >= 0.3 is 0 Å². The molecule has 0 fully saturated rings. The predicted molar refractivity (Wildman–Crippen MR) is 64.4 cm³/mol. The Hall–Kier alpha value is -1.75. The van der Waals surface area contributed by atoms with Crippen molar-refractivity contribution in [1.82, 2.24) is 5.32 Å². The lowest BCUT2D eigenvalue weighted by molar-refractivity contribution is -0.121. The van der Waals surface area contributed by atoms with E-state index in [2.05, 4.69) is 5.32 Å². The Labute approximate surface area is 100 Å². The van der Waals surface area contributed by atoms with E-state index in [0.29, 0.717) is 12.1 Å². The molecule has 1 rings (SSSR count). The number of carbonyl (C=O) groups is 1. The first-order chi connectivity index (χ1) is 7.91. The van der Waals surface area contributed by atoms with Crippen LogP contribution in [0.15, 0.2) is 18.2 Å². The fourth-order valence-corrected chi connectivity index (χ4v) is 1.59. The summed E-state index contributed by atoms with van der Waals surface area (Å²) in [5.41, 5.74) is 5.87. The summed E-state index contributed by atoms with van der Waals surface area (Å²) in [7, 11) is 0. The van der Waals surface area contributed by atoms with E-state index in [9.17, 15) is 9.90 Å². The van der Waals surface area contributed by atoms with E-state index < -0.39 is 11.9 Å². The largest absolute Gasteiger partial charge is 0.508 e. The number of hydrogen-bond acceptors (Lipinski definition) is 4. The standard InChI is InChI=1S/C12H18N2O3/c1-7(2)11(12(13)17)14-6-8-3-4-9(15)5-10(8)16/h3-5,7,11,14-16H,6H2,1-2H3,(H2,13,17). The Morgan fingerprint density at radius 2 is 2.06 bits per heavy atom. The summed E-state index contributed by atoms with van der Waals surface area (Å²) in [6.07, 6.45) is 0. The summed E-state index contributed by atoms with van der Waals surface area (Å²) >= 11 is 0. The molecule has 0 radical (unpaired) electrons. The summed E-state index contributed by atoms with van der Waals surface area (Å²) in [6, 6.07) is 3.88. The molecule has 0 bridgehead atoms. The molecule has 5 heteroatoms. The van der Waals surface area contributed by atoms with Crippen molar-refractivity contribution < 1.29 is 15.0 Å². The number of aromatic hydroxyl groups is 2. The highest BCUT2D eigenvalue weighted by Gasteiger charge is 2.18.